The normalized spacial score (nSPS) is 9.67. The number of nitrogens with two attached hydrogens (primary N) is 1. The second-order valence-corrected chi connectivity index (χ2v) is 3.59. The highest BCUT2D eigenvalue weighted by atomic mass is 16.5. The smallest absolute Gasteiger partial charge is 0.325 e. The number of amides is 1. The summed E-state index contributed by atoms with van der Waals surface area (Å²) in [6.45, 7) is 2.34. The average Bonchev–Trinajstić information content (AvgIpc) is 2.36. The number of esters is 1. The number of carbonyl (C=O) groups is 2. The van der Waals surface area contributed by atoms with Crippen LogP contribution >= 0.6 is 0 Å². The molecular formula is C12H17N3O3. The molecule has 0 aliphatic carbocycles. The van der Waals surface area contributed by atoms with E-state index in [2.05, 4.69) is 15.4 Å². The van der Waals surface area contributed by atoms with Crippen molar-refractivity contribution in [3.8, 4) is 0 Å². The monoisotopic (exact) mass is 251 g/mol. The lowest BCUT2D eigenvalue weighted by molar-refractivity contribution is -0.138. The summed E-state index contributed by atoms with van der Waals surface area (Å²) < 4.78 is 4.52. The number of rotatable bonds is 5. The van der Waals surface area contributed by atoms with Gasteiger partial charge >= 0.3 is 5.97 Å². The predicted molar refractivity (Wildman–Crippen MR) is 69.4 cm³/mol. The Kier molecular flexibility index (Phi) is 4.98. The van der Waals surface area contributed by atoms with Crippen molar-refractivity contribution >= 4 is 23.3 Å². The number of anilines is 2. The van der Waals surface area contributed by atoms with Gasteiger partial charge in [0, 0.05) is 17.9 Å². The fourth-order valence-electron chi connectivity index (χ4n) is 1.40. The van der Waals surface area contributed by atoms with E-state index in [1.54, 1.807) is 18.2 Å². The zero-order valence-electron chi connectivity index (χ0n) is 10.4. The number of carbonyl (C=O) groups excluding carboxylic acids is 2. The van der Waals surface area contributed by atoms with E-state index in [0.29, 0.717) is 23.5 Å². The molecule has 0 aliphatic heterocycles. The first-order valence-corrected chi connectivity index (χ1v) is 5.57. The molecular weight excluding hydrogens is 234 g/mol. The fraction of sp³-hybridized carbons (Fsp3) is 0.333. The van der Waals surface area contributed by atoms with Crippen LogP contribution in [0.5, 0.6) is 0 Å². The van der Waals surface area contributed by atoms with Gasteiger partial charge in [-0.2, -0.15) is 0 Å². The standard InChI is InChI=1S/C12H17N3O3/c1-3-14-12(17)9-5-4-8(13)6-10(9)15-7-11(16)18-2/h4-6,15H,3,7,13H2,1-2H3,(H,14,17). The third-order valence-corrected chi connectivity index (χ3v) is 2.28. The van der Waals surface area contributed by atoms with Gasteiger partial charge in [-0.1, -0.05) is 0 Å². The second kappa shape index (κ2) is 6.48. The summed E-state index contributed by atoms with van der Waals surface area (Å²) in [7, 11) is 1.30. The summed E-state index contributed by atoms with van der Waals surface area (Å²) in [6, 6.07) is 4.85. The van der Waals surface area contributed by atoms with Crippen molar-refractivity contribution in [2.24, 2.45) is 0 Å². The summed E-state index contributed by atoms with van der Waals surface area (Å²) in [4.78, 5) is 22.8. The maximum absolute atomic E-state index is 11.8. The average molecular weight is 251 g/mol. The molecule has 6 heteroatoms. The Morgan fingerprint density at radius 2 is 2.11 bits per heavy atom. The molecule has 0 saturated heterocycles. The molecule has 1 aromatic rings. The van der Waals surface area contributed by atoms with Crippen LogP contribution in [-0.2, 0) is 9.53 Å². The Morgan fingerprint density at radius 1 is 1.39 bits per heavy atom. The van der Waals surface area contributed by atoms with Crippen LogP contribution in [0.3, 0.4) is 0 Å². The van der Waals surface area contributed by atoms with Gasteiger partial charge < -0.3 is 21.1 Å². The van der Waals surface area contributed by atoms with Gasteiger partial charge in [0.15, 0.2) is 0 Å². The van der Waals surface area contributed by atoms with Gasteiger partial charge in [0.25, 0.3) is 5.91 Å². The van der Waals surface area contributed by atoms with Crippen LogP contribution in [0.15, 0.2) is 18.2 Å². The van der Waals surface area contributed by atoms with Gasteiger partial charge in [0.1, 0.15) is 6.54 Å². The van der Waals surface area contributed by atoms with Crippen molar-refractivity contribution in [3.63, 3.8) is 0 Å². The number of benzene rings is 1. The van der Waals surface area contributed by atoms with Crippen LogP contribution < -0.4 is 16.4 Å². The van der Waals surface area contributed by atoms with Crippen molar-refractivity contribution in [1.29, 1.82) is 0 Å². The molecule has 6 nitrogen and oxygen atoms in total. The van der Waals surface area contributed by atoms with Crippen LogP contribution in [0, 0.1) is 0 Å². The molecule has 98 valence electrons. The number of hydrogen-bond donors (Lipinski definition) is 3. The number of ether oxygens (including phenoxy) is 1. The van der Waals surface area contributed by atoms with Crippen molar-refractivity contribution in [2.75, 3.05) is 31.2 Å². The van der Waals surface area contributed by atoms with E-state index in [-0.39, 0.29) is 12.5 Å². The van der Waals surface area contributed by atoms with Gasteiger partial charge in [-0.05, 0) is 25.1 Å². The van der Waals surface area contributed by atoms with E-state index >= 15 is 0 Å². The highest BCUT2D eigenvalue weighted by molar-refractivity contribution is 6.00. The topological polar surface area (TPSA) is 93.5 Å². The highest BCUT2D eigenvalue weighted by Crippen LogP contribution is 2.19. The molecule has 1 amide bonds. The maximum Gasteiger partial charge on any atom is 0.325 e. The molecule has 4 N–H and O–H groups in total. The summed E-state index contributed by atoms with van der Waals surface area (Å²) >= 11 is 0. The lowest BCUT2D eigenvalue weighted by atomic mass is 10.1. The van der Waals surface area contributed by atoms with E-state index in [9.17, 15) is 9.59 Å². The first kappa shape index (κ1) is 13.8. The van der Waals surface area contributed by atoms with Crippen LogP contribution in [0.1, 0.15) is 17.3 Å². The summed E-state index contributed by atoms with van der Waals surface area (Å²) in [5, 5.41) is 5.52. The van der Waals surface area contributed by atoms with E-state index in [1.165, 1.54) is 7.11 Å². The van der Waals surface area contributed by atoms with Crippen LogP contribution in [0.4, 0.5) is 11.4 Å². The summed E-state index contributed by atoms with van der Waals surface area (Å²) in [5.41, 5.74) is 7.11. The van der Waals surface area contributed by atoms with Crippen molar-refractivity contribution < 1.29 is 14.3 Å². The van der Waals surface area contributed by atoms with E-state index in [1.807, 2.05) is 6.92 Å². The molecule has 18 heavy (non-hydrogen) atoms. The Morgan fingerprint density at radius 3 is 2.72 bits per heavy atom. The number of nitrogen functional groups attached to an aromatic ring is 1. The third-order valence-electron chi connectivity index (χ3n) is 2.28. The fourth-order valence-corrected chi connectivity index (χ4v) is 1.40. The minimum atomic E-state index is -0.417. The molecule has 0 fully saturated rings. The summed E-state index contributed by atoms with van der Waals surface area (Å²) in [6.07, 6.45) is 0. The molecule has 0 aliphatic rings. The van der Waals surface area contributed by atoms with Crippen molar-refractivity contribution in [1.82, 2.24) is 5.32 Å². The van der Waals surface area contributed by atoms with Crippen LogP contribution in [0.25, 0.3) is 0 Å². The first-order chi connectivity index (χ1) is 8.58. The maximum atomic E-state index is 11.8. The minimum absolute atomic E-state index is 0.0215. The largest absolute Gasteiger partial charge is 0.468 e. The zero-order valence-corrected chi connectivity index (χ0v) is 10.4. The minimum Gasteiger partial charge on any atom is -0.468 e. The lowest BCUT2D eigenvalue weighted by Gasteiger charge is -2.11. The van der Waals surface area contributed by atoms with E-state index < -0.39 is 5.97 Å². The molecule has 0 radical (unpaired) electrons. The molecule has 0 bridgehead atoms. The highest BCUT2D eigenvalue weighted by Gasteiger charge is 2.11. The van der Waals surface area contributed by atoms with Gasteiger partial charge in [-0.15, -0.1) is 0 Å². The molecule has 1 rings (SSSR count). The van der Waals surface area contributed by atoms with Gasteiger partial charge in [0.2, 0.25) is 0 Å². The quantitative estimate of drug-likeness (QED) is 0.526. The van der Waals surface area contributed by atoms with E-state index in [0.717, 1.165) is 0 Å². The predicted octanol–water partition coefficient (Wildman–Crippen LogP) is 0.603. The second-order valence-electron chi connectivity index (χ2n) is 3.59. The Hall–Kier alpha value is -2.24. The SMILES string of the molecule is CCNC(=O)c1ccc(N)cc1NCC(=O)OC. The number of hydrogen-bond acceptors (Lipinski definition) is 5. The van der Waals surface area contributed by atoms with Crippen molar-refractivity contribution in [3.05, 3.63) is 23.8 Å². The van der Waals surface area contributed by atoms with Gasteiger partial charge in [-0.25, -0.2) is 0 Å². The van der Waals surface area contributed by atoms with Crippen LogP contribution in [-0.4, -0.2) is 32.1 Å². The van der Waals surface area contributed by atoms with Crippen molar-refractivity contribution in [2.45, 2.75) is 6.92 Å². The molecule has 0 aromatic heterocycles. The summed E-state index contributed by atoms with van der Waals surface area (Å²) in [5.74, 6) is -0.635. The Balaban J connectivity index is 2.89. The molecule has 0 spiro atoms. The Bertz CT molecular complexity index is 446. The Labute approximate surface area is 105 Å². The molecule has 1 aromatic carbocycles. The van der Waals surface area contributed by atoms with E-state index in [4.69, 9.17) is 5.73 Å². The van der Waals surface area contributed by atoms with Gasteiger partial charge in [-0.3, -0.25) is 9.59 Å². The number of nitrogens with one attached hydrogen (secondary N) is 2. The molecule has 0 atom stereocenters. The lowest BCUT2D eigenvalue weighted by Crippen LogP contribution is -2.25. The third kappa shape index (κ3) is 3.65. The zero-order chi connectivity index (χ0) is 13.5. The number of methoxy groups -OCH3 is 1. The molecule has 0 heterocycles. The van der Waals surface area contributed by atoms with Crippen LogP contribution in [0.2, 0.25) is 0 Å². The first-order valence-electron chi connectivity index (χ1n) is 5.57. The van der Waals surface area contributed by atoms with Gasteiger partial charge in [0.05, 0.1) is 12.7 Å². The molecule has 0 saturated carbocycles. The molecule has 0 unspecified atom stereocenters.